The Bertz CT molecular complexity index is 806. The molecule has 0 bridgehead atoms. The molecule has 3 aromatic heterocycles. The molecule has 0 aliphatic heterocycles. The van der Waals surface area contributed by atoms with Crippen LogP contribution in [0.2, 0.25) is 0 Å². The minimum atomic E-state index is -0.154. The number of nitrogens with zero attached hydrogens (tertiary/aromatic N) is 7. The highest BCUT2D eigenvalue weighted by Crippen LogP contribution is 2.14. The SMILES string of the molecule is CNCC(=O)Nc1ccc(-c2nnc(-c3ncccn3)nn2)nc1. The average Bonchev–Trinajstić information content (AvgIpc) is 2.63. The van der Waals surface area contributed by atoms with E-state index in [2.05, 4.69) is 46.0 Å². The molecule has 24 heavy (non-hydrogen) atoms. The first-order valence-corrected chi connectivity index (χ1v) is 7.02. The van der Waals surface area contributed by atoms with Crippen molar-refractivity contribution in [2.75, 3.05) is 18.9 Å². The van der Waals surface area contributed by atoms with Gasteiger partial charge in [0.25, 0.3) is 0 Å². The molecule has 3 aromatic rings. The van der Waals surface area contributed by atoms with Gasteiger partial charge in [-0.3, -0.25) is 9.78 Å². The zero-order chi connectivity index (χ0) is 16.8. The maximum atomic E-state index is 11.5. The molecular formula is C14H13N9O. The second kappa shape index (κ2) is 7.24. The number of pyridine rings is 1. The van der Waals surface area contributed by atoms with Crippen LogP contribution in [0.4, 0.5) is 5.69 Å². The number of hydrogen-bond acceptors (Lipinski definition) is 9. The van der Waals surface area contributed by atoms with Crippen LogP contribution in [-0.2, 0) is 4.79 Å². The number of hydrogen-bond donors (Lipinski definition) is 2. The molecule has 0 aliphatic carbocycles. The van der Waals surface area contributed by atoms with E-state index in [-0.39, 0.29) is 24.1 Å². The fraction of sp³-hybridized carbons (Fsp3) is 0.143. The van der Waals surface area contributed by atoms with Gasteiger partial charge in [0.2, 0.25) is 23.4 Å². The molecule has 0 aromatic carbocycles. The molecule has 10 heteroatoms. The summed E-state index contributed by atoms with van der Waals surface area (Å²) in [5.41, 5.74) is 1.07. The van der Waals surface area contributed by atoms with Gasteiger partial charge in [0.05, 0.1) is 18.4 Å². The monoisotopic (exact) mass is 323 g/mol. The predicted molar refractivity (Wildman–Crippen MR) is 84.4 cm³/mol. The van der Waals surface area contributed by atoms with Gasteiger partial charge < -0.3 is 10.6 Å². The Hall–Kier alpha value is -3.40. The molecule has 0 saturated heterocycles. The van der Waals surface area contributed by atoms with Crippen LogP contribution in [0.25, 0.3) is 23.2 Å². The molecule has 2 N–H and O–H groups in total. The number of anilines is 1. The highest BCUT2D eigenvalue weighted by molar-refractivity contribution is 5.92. The largest absolute Gasteiger partial charge is 0.324 e. The Morgan fingerprint density at radius 1 is 0.958 bits per heavy atom. The second-order valence-electron chi connectivity index (χ2n) is 4.63. The molecule has 0 fully saturated rings. The number of aromatic nitrogens is 7. The van der Waals surface area contributed by atoms with Crippen molar-refractivity contribution in [3.63, 3.8) is 0 Å². The Balaban J connectivity index is 1.74. The Labute approximate surface area is 136 Å². The molecule has 0 spiro atoms. The Morgan fingerprint density at radius 3 is 2.29 bits per heavy atom. The van der Waals surface area contributed by atoms with Crippen molar-refractivity contribution in [1.29, 1.82) is 0 Å². The lowest BCUT2D eigenvalue weighted by Gasteiger charge is -2.04. The van der Waals surface area contributed by atoms with Crippen LogP contribution in [0.5, 0.6) is 0 Å². The average molecular weight is 323 g/mol. The van der Waals surface area contributed by atoms with Gasteiger partial charge in [0.1, 0.15) is 5.69 Å². The number of amides is 1. The maximum Gasteiger partial charge on any atom is 0.240 e. The van der Waals surface area contributed by atoms with Gasteiger partial charge in [0.15, 0.2) is 0 Å². The summed E-state index contributed by atoms with van der Waals surface area (Å²) >= 11 is 0. The second-order valence-corrected chi connectivity index (χ2v) is 4.63. The Kier molecular flexibility index (Phi) is 4.68. The van der Waals surface area contributed by atoms with E-state index < -0.39 is 0 Å². The number of carbonyl (C=O) groups excluding carboxylic acids is 1. The van der Waals surface area contributed by atoms with Crippen LogP contribution in [0.3, 0.4) is 0 Å². The van der Waals surface area contributed by atoms with Crippen LogP contribution >= 0.6 is 0 Å². The molecule has 1 amide bonds. The summed E-state index contributed by atoms with van der Waals surface area (Å²) in [5, 5.41) is 21.3. The van der Waals surface area contributed by atoms with Crippen LogP contribution in [0.15, 0.2) is 36.8 Å². The third-order valence-electron chi connectivity index (χ3n) is 2.86. The van der Waals surface area contributed by atoms with Gasteiger partial charge in [-0.15, -0.1) is 20.4 Å². The topological polar surface area (TPSA) is 131 Å². The predicted octanol–water partition coefficient (Wildman–Crippen LogP) is -0.0565. The van der Waals surface area contributed by atoms with Crippen molar-refractivity contribution in [2.45, 2.75) is 0 Å². The minimum Gasteiger partial charge on any atom is -0.324 e. The van der Waals surface area contributed by atoms with E-state index in [0.717, 1.165) is 0 Å². The third-order valence-corrected chi connectivity index (χ3v) is 2.86. The molecule has 10 nitrogen and oxygen atoms in total. The summed E-state index contributed by atoms with van der Waals surface area (Å²) in [6.07, 6.45) is 4.69. The highest BCUT2D eigenvalue weighted by atomic mass is 16.1. The van der Waals surface area contributed by atoms with Gasteiger partial charge in [-0.05, 0) is 25.2 Å². The van der Waals surface area contributed by atoms with Gasteiger partial charge in [-0.1, -0.05) is 0 Å². The van der Waals surface area contributed by atoms with E-state index in [1.54, 1.807) is 37.6 Å². The lowest BCUT2D eigenvalue weighted by Crippen LogP contribution is -2.25. The van der Waals surface area contributed by atoms with Crippen molar-refractivity contribution in [3.8, 4) is 23.2 Å². The summed E-state index contributed by atoms with van der Waals surface area (Å²) in [6, 6.07) is 5.07. The molecule has 0 radical (unpaired) electrons. The van der Waals surface area contributed by atoms with E-state index >= 15 is 0 Å². The van der Waals surface area contributed by atoms with Crippen molar-refractivity contribution in [3.05, 3.63) is 36.8 Å². The van der Waals surface area contributed by atoms with E-state index in [0.29, 0.717) is 17.2 Å². The standard InChI is InChI=1S/C14H13N9O/c1-15-8-11(24)19-9-3-4-10(18-7-9)12-20-22-14(23-21-12)13-16-5-2-6-17-13/h2-7,15H,8H2,1H3,(H,19,24). The molecule has 0 aliphatic rings. The van der Waals surface area contributed by atoms with E-state index in [4.69, 9.17) is 0 Å². The molecule has 0 atom stereocenters. The number of nitrogens with one attached hydrogen (secondary N) is 2. The van der Waals surface area contributed by atoms with Gasteiger partial charge in [-0.2, -0.15) is 0 Å². The van der Waals surface area contributed by atoms with Crippen LogP contribution in [-0.4, -0.2) is 54.8 Å². The summed E-state index contributed by atoms with van der Waals surface area (Å²) in [6.45, 7) is 0.224. The van der Waals surface area contributed by atoms with Gasteiger partial charge >= 0.3 is 0 Å². The fourth-order valence-electron chi connectivity index (χ4n) is 1.80. The van der Waals surface area contributed by atoms with Crippen molar-refractivity contribution in [1.82, 2.24) is 40.7 Å². The van der Waals surface area contributed by atoms with Crippen molar-refractivity contribution < 1.29 is 4.79 Å². The first-order valence-electron chi connectivity index (χ1n) is 7.02. The zero-order valence-corrected chi connectivity index (χ0v) is 12.7. The van der Waals surface area contributed by atoms with E-state index in [1.807, 2.05) is 0 Å². The fourth-order valence-corrected chi connectivity index (χ4v) is 1.80. The Morgan fingerprint density at radius 2 is 1.67 bits per heavy atom. The third kappa shape index (κ3) is 3.67. The highest BCUT2D eigenvalue weighted by Gasteiger charge is 2.09. The lowest BCUT2D eigenvalue weighted by atomic mass is 10.3. The summed E-state index contributed by atoms with van der Waals surface area (Å²) in [7, 11) is 1.70. The van der Waals surface area contributed by atoms with Crippen molar-refractivity contribution in [2.24, 2.45) is 0 Å². The first kappa shape index (κ1) is 15.5. The van der Waals surface area contributed by atoms with E-state index in [1.165, 1.54) is 6.20 Å². The van der Waals surface area contributed by atoms with E-state index in [9.17, 15) is 4.79 Å². The molecule has 3 rings (SSSR count). The smallest absolute Gasteiger partial charge is 0.240 e. The molecule has 0 saturated carbocycles. The van der Waals surface area contributed by atoms with Gasteiger partial charge in [0, 0.05) is 12.4 Å². The zero-order valence-electron chi connectivity index (χ0n) is 12.7. The first-order chi connectivity index (χ1) is 11.8. The van der Waals surface area contributed by atoms with Crippen molar-refractivity contribution >= 4 is 11.6 Å². The quantitative estimate of drug-likeness (QED) is 0.663. The van der Waals surface area contributed by atoms with Crippen LogP contribution < -0.4 is 10.6 Å². The summed E-state index contributed by atoms with van der Waals surface area (Å²) in [5.74, 6) is 0.691. The summed E-state index contributed by atoms with van der Waals surface area (Å²) < 4.78 is 0. The van der Waals surface area contributed by atoms with Crippen LogP contribution in [0.1, 0.15) is 0 Å². The molecular weight excluding hydrogens is 310 g/mol. The van der Waals surface area contributed by atoms with Crippen LogP contribution in [0, 0.1) is 0 Å². The normalized spacial score (nSPS) is 10.4. The molecule has 3 heterocycles. The van der Waals surface area contributed by atoms with Gasteiger partial charge in [-0.25, -0.2) is 9.97 Å². The number of rotatable bonds is 5. The number of likely N-dealkylation sites (N-methyl/N-ethyl adjacent to an activating group) is 1. The summed E-state index contributed by atoms with van der Waals surface area (Å²) in [4.78, 5) is 23.7. The lowest BCUT2D eigenvalue weighted by molar-refractivity contribution is -0.115. The molecule has 120 valence electrons. The minimum absolute atomic E-state index is 0.154. The number of carbonyl (C=O) groups is 1. The molecule has 0 unspecified atom stereocenters. The maximum absolute atomic E-state index is 11.5.